The van der Waals surface area contributed by atoms with Gasteiger partial charge in [-0.05, 0) is 61.6 Å². The van der Waals surface area contributed by atoms with E-state index in [1.807, 2.05) is 32.1 Å². The molecule has 0 saturated heterocycles. The molecule has 1 amide bonds. The van der Waals surface area contributed by atoms with Crippen molar-refractivity contribution in [3.8, 4) is 5.75 Å². The predicted molar refractivity (Wildman–Crippen MR) is 149 cm³/mol. The van der Waals surface area contributed by atoms with E-state index in [0.29, 0.717) is 30.6 Å². The van der Waals surface area contributed by atoms with Gasteiger partial charge in [0.2, 0.25) is 0 Å². The molecule has 0 spiro atoms. The third-order valence-electron chi connectivity index (χ3n) is 7.96. The van der Waals surface area contributed by atoms with Crippen molar-refractivity contribution in [1.82, 2.24) is 4.72 Å². The molecule has 1 aromatic carbocycles. The van der Waals surface area contributed by atoms with Gasteiger partial charge in [0.05, 0.1) is 24.2 Å². The SMILES string of the molecule is C=CCC1COc2ccc3cc2N(C1)CC1CCC1CCCCC(C)C(COC)S(=O)NC3=O.CC. The number of carbonyl (C=O) groups excluding carboxylic acids is 1. The Balaban J connectivity index is 0.00000176. The highest BCUT2D eigenvalue weighted by Crippen LogP contribution is 2.42. The molecule has 6 unspecified atom stereocenters. The minimum absolute atomic E-state index is 0.212. The van der Waals surface area contributed by atoms with E-state index in [-0.39, 0.29) is 17.1 Å². The van der Waals surface area contributed by atoms with Crippen molar-refractivity contribution >= 4 is 22.6 Å². The molecule has 2 heterocycles. The van der Waals surface area contributed by atoms with E-state index >= 15 is 0 Å². The summed E-state index contributed by atoms with van der Waals surface area (Å²) >= 11 is 0. The number of anilines is 1. The Labute approximate surface area is 220 Å². The number of hydrogen-bond acceptors (Lipinski definition) is 5. The number of ether oxygens (including phenoxy) is 2. The minimum Gasteiger partial charge on any atom is -0.491 e. The van der Waals surface area contributed by atoms with Gasteiger partial charge in [-0.3, -0.25) is 9.52 Å². The fraction of sp³-hybridized carbons (Fsp3) is 0.690. The van der Waals surface area contributed by atoms with Gasteiger partial charge in [-0.25, -0.2) is 4.21 Å². The van der Waals surface area contributed by atoms with Crippen LogP contribution in [-0.2, 0) is 15.7 Å². The molecule has 2 aliphatic heterocycles. The van der Waals surface area contributed by atoms with Crippen LogP contribution < -0.4 is 14.4 Å². The first-order valence-electron chi connectivity index (χ1n) is 13.8. The number of nitrogens with zero attached hydrogens (tertiary/aromatic N) is 1. The van der Waals surface area contributed by atoms with Gasteiger partial charge in [-0.15, -0.1) is 6.58 Å². The highest BCUT2D eigenvalue weighted by atomic mass is 32.2. The number of carbonyl (C=O) groups is 1. The summed E-state index contributed by atoms with van der Waals surface area (Å²) in [6.45, 7) is 13.0. The van der Waals surface area contributed by atoms with Crippen LogP contribution in [0.1, 0.15) is 76.1 Å². The number of nitrogens with one attached hydrogen (secondary N) is 1. The average molecular weight is 519 g/mol. The smallest absolute Gasteiger partial charge is 0.263 e. The Kier molecular flexibility index (Phi) is 11.3. The lowest BCUT2D eigenvalue weighted by atomic mass is 9.70. The number of allylic oxidation sites excluding steroid dienone is 1. The molecular formula is C29H46N2O4S. The zero-order valence-electron chi connectivity index (χ0n) is 22.7. The summed E-state index contributed by atoms with van der Waals surface area (Å²) < 4.78 is 27.4. The summed E-state index contributed by atoms with van der Waals surface area (Å²) in [5.74, 6) is 2.55. The van der Waals surface area contributed by atoms with Gasteiger partial charge >= 0.3 is 0 Å². The zero-order valence-corrected chi connectivity index (χ0v) is 23.5. The topological polar surface area (TPSA) is 67.9 Å². The van der Waals surface area contributed by atoms with Crippen molar-refractivity contribution in [3.05, 3.63) is 36.4 Å². The molecule has 1 N–H and O–H groups in total. The van der Waals surface area contributed by atoms with E-state index in [1.165, 1.54) is 25.7 Å². The molecule has 6 nitrogen and oxygen atoms in total. The molecule has 1 fully saturated rings. The van der Waals surface area contributed by atoms with Gasteiger partial charge in [0.1, 0.15) is 16.7 Å². The lowest BCUT2D eigenvalue weighted by molar-refractivity contribution is 0.0981. The van der Waals surface area contributed by atoms with E-state index in [2.05, 4.69) is 23.1 Å². The second-order valence-electron chi connectivity index (χ2n) is 10.4. The summed E-state index contributed by atoms with van der Waals surface area (Å²) in [6.07, 6.45) is 10.0. The van der Waals surface area contributed by atoms with E-state index in [1.54, 1.807) is 13.2 Å². The summed E-state index contributed by atoms with van der Waals surface area (Å²) in [5.41, 5.74) is 1.49. The standard InChI is InChI=1S/C27H40N2O4S.C2H6/c1-4-7-20-15-29-16-23-11-10-21(23)9-6-5-8-19(2)26(18-32-3)34(31)28-27(30)22-12-13-25(33-17-20)24(29)14-22;1-2/h4,12-14,19-21,23,26H,1,5-11,15-18H2,2-3H3,(H,28,30);1-2H3. The zero-order chi connectivity index (χ0) is 26.1. The second-order valence-corrected chi connectivity index (χ2v) is 11.8. The first-order valence-corrected chi connectivity index (χ1v) is 15.0. The van der Waals surface area contributed by atoms with Gasteiger partial charge in [-0.2, -0.15) is 0 Å². The quantitative estimate of drug-likeness (QED) is 0.514. The maximum atomic E-state index is 13.1. The first kappa shape index (κ1) is 28.7. The molecule has 36 heavy (non-hydrogen) atoms. The fourth-order valence-electron chi connectivity index (χ4n) is 5.68. The van der Waals surface area contributed by atoms with Gasteiger partial charge in [0.15, 0.2) is 0 Å². The van der Waals surface area contributed by atoms with Crippen LogP contribution in [0.4, 0.5) is 5.69 Å². The van der Waals surface area contributed by atoms with Crippen LogP contribution in [0.15, 0.2) is 30.9 Å². The van der Waals surface area contributed by atoms with Crippen molar-refractivity contribution in [2.75, 3.05) is 38.3 Å². The first-order chi connectivity index (χ1) is 17.5. The monoisotopic (exact) mass is 518 g/mol. The molecule has 0 aromatic heterocycles. The van der Waals surface area contributed by atoms with Gasteiger partial charge in [0, 0.05) is 31.7 Å². The number of benzene rings is 1. The lowest BCUT2D eigenvalue weighted by Crippen LogP contribution is -2.41. The van der Waals surface area contributed by atoms with Crippen LogP contribution in [0, 0.1) is 23.7 Å². The van der Waals surface area contributed by atoms with Crippen LogP contribution in [-0.4, -0.2) is 48.8 Å². The average Bonchev–Trinajstić information content (AvgIpc) is 3.04. The van der Waals surface area contributed by atoms with Crippen molar-refractivity contribution in [2.45, 2.75) is 71.0 Å². The van der Waals surface area contributed by atoms with Crippen LogP contribution in [0.25, 0.3) is 0 Å². The number of amides is 1. The molecule has 3 aliphatic rings. The molecule has 0 radical (unpaired) electrons. The summed E-state index contributed by atoms with van der Waals surface area (Å²) in [6, 6.07) is 5.60. The molecule has 1 aliphatic carbocycles. The van der Waals surface area contributed by atoms with E-state index in [4.69, 9.17) is 9.47 Å². The Morgan fingerprint density at radius 1 is 1.17 bits per heavy atom. The Hall–Kier alpha value is -1.86. The van der Waals surface area contributed by atoms with Crippen molar-refractivity contribution in [2.24, 2.45) is 23.7 Å². The largest absolute Gasteiger partial charge is 0.491 e. The van der Waals surface area contributed by atoms with Gasteiger partial charge in [0.25, 0.3) is 5.91 Å². The van der Waals surface area contributed by atoms with Crippen molar-refractivity contribution in [1.29, 1.82) is 0 Å². The molecule has 7 heteroatoms. The Morgan fingerprint density at radius 3 is 2.61 bits per heavy atom. The molecule has 2 bridgehead atoms. The highest BCUT2D eigenvalue weighted by Gasteiger charge is 2.34. The Bertz CT molecular complexity index is 892. The van der Waals surface area contributed by atoms with E-state index in [0.717, 1.165) is 49.7 Å². The predicted octanol–water partition coefficient (Wildman–Crippen LogP) is 5.75. The summed E-state index contributed by atoms with van der Waals surface area (Å²) in [7, 11) is 0.111. The summed E-state index contributed by atoms with van der Waals surface area (Å²) in [5, 5.41) is -0.223. The van der Waals surface area contributed by atoms with Crippen LogP contribution >= 0.6 is 0 Å². The van der Waals surface area contributed by atoms with Crippen molar-refractivity contribution < 1.29 is 18.5 Å². The van der Waals surface area contributed by atoms with Crippen LogP contribution in [0.3, 0.4) is 0 Å². The van der Waals surface area contributed by atoms with Gasteiger partial charge < -0.3 is 14.4 Å². The van der Waals surface area contributed by atoms with Gasteiger partial charge in [-0.1, -0.05) is 46.1 Å². The van der Waals surface area contributed by atoms with Crippen LogP contribution in [0.5, 0.6) is 5.75 Å². The van der Waals surface area contributed by atoms with Crippen LogP contribution in [0.2, 0.25) is 0 Å². The molecule has 202 valence electrons. The summed E-state index contributed by atoms with van der Waals surface area (Å²) in [4.78, 5) is 15.6. The maximum Gasteiger partial charge on any atom is 0.263 e. The van der Waals surface area contributed by atoms with Crippen molar-refractivity contribution in [3.63, 3.8) is 0 Å². The molecule has 6 atom stereocenters. The van der Waals surface area contributed by atoms with E-state index in [9.17, 15) is 9.00 Å². The Morgan fingerprint density at radius 2 is 1.92 bits per heavy atom. The number of hydrogen-bond donors (Lipinski definition) is 1. The fourth-order valence-corrected chi connectivity index (χ4v) is 6.95. The minimum atomic E-state index is -1.52. The number of methoxy groups -OCH3 is 1. The molecule has 4 rings (SSSR count). The molecule has 1 saturated carbocycles. The second kappa shape index (κ2) is 14.2. The third kappa shape index (κ3) is 7.12. The maximum absolute atomic E-state index is 13.1. The molecular weight excluding hydrogens is 472 g/mol. The number of fused-ring (bicyclic) bond motifs is 2. The highest BCUT2D eigenvalue weighted by molar-refractivity contribution is 7.84. The molecule has 1 aromatic rings. The normalized spacial score (nSPS) is 30.8. The third-order valence-corrected chi connectivity index (χ3v) is 9.50. The lowest BCUT2D eigenvalue weighted by Gasteiger charge is -2.41. The van der Waals surface area contributed by atoms with E-state index < -0.39 is 11.0 Å². The number of rotatable bonds is 4.